The van der Waals surface area contributed by atoms with Gasteiger partial charge in [-0.2, -0.15) is 0 Å². The number of ether oxygens (including phenoxy) is 1. The van der Waals surface area contributed by atoms with Gasteiger partial charge in [-0.1, -0.05) is 17.7 Å². The largest absolute Gasteiger partial charge is 0.496 e. The highest BCUT2D eigenvalue weighted by molar-refractivity contribution is 6.30. The van der Waals surface area contributed by atoms with E-state index in [1.165, 1.54) is 0 Å². The van der Waals surface area contributed by atoms with Crippen LogP contribution in [0.25, 0.3) is 0 Å². The number of benzene rings is 1. The molecule has 0 N–H and O–H groups in total. The summed E-state index contributed by atoms with van der Waals surface area (Å²) in [4.78, 5) is 0. The van der Waals surface area contributed by atoms with Crippen LogP contribution in [0.1, 0.15) is 9.73 Å². The van der Waals surface area contributed by atoms with Crippen molar-refractivity contribution in [2.45, 2.75) is 6.92 Å². The molecule has 0 amide bonds. The van der Waals surface area contributed by atoms with Gasteiger partial charge in [0.05, 0.1) is 9.80 Å². The van der Waals surface area contributed by atoms with Gasteiger partial charge in [-0.3, -0.25) is 0 Å². The number of hydrogen-bond acceptors (Lipinski definition) is 1. The summed E-state index contributed by atoms with van der Waals surface area (Å²) in [5.41, 5.74) is 0.879. The van der Waals surface area contributed by atoms with Gasteiger partial charge in [-0.15, -0.1) is 0 Å². The first-order chi connectivity index (χ1) is 5.59. The molecule has 0 aromatic heterocycles. The minimum Gasteiger partial charge on any atom is -0.496 e. The molecule has 0 atom stereocenters. The molecule has 2 heteroatoms. The fourth-order valence-electron chi connectivity index (χ4n) is 0.701. The maximum Gasteiger partial charge on any atom is 0.123 e. The van der Waals surface area contributed by atoms with Crippen molar-refractivity contribution in [3.8, 4) is 5.75 Å². The first kappa shape index (κ1) is 5.03. The molecule has 1 nitrogen and oxygen atoms in total. The zero-order valence-corrected chi connectivity index (χ0v) is 6.35. The monoisotopic (exact) mass is 162 g/mol. The predicted octanol–water partition coefficient (Wildman–Crippen LogP) is 2.90. The molecule has 56 valence electrons. The second-order valence-electron chi connectivity index (χ2n) is 2.03. The van der Waals surface area contributed by atoms with Crippen LogP contribution in [0.4, 0.5) is 0 Å². The average Bonchev–Trinajstić information content (AvgIpc) is 1.96. The van der Waals surface area contributed by atoms with Gasteiger partial charge < -0.3 is 4.74 Å². The Balaban J connectivity index is 0.00000144. The Morgan fingerprint density at radius 3 is 3.20 bits per heavy atom. The molecule has 0 saturated heterocycles. The summed E-state index contributed by atoms with van der Waals surface area (Å²) in [5, 5.41) is 0.552. The highest BCUT2D eigenvalue weighted by atomic mass is 35.5. The zero-order chi connectivity index (χ0) is 9.14. The quantitative estimate of drug-likeness (QED) is 0.577. The van der Waals surface area contributed by atoms with E-state index in [0.29, 0.717) is 10.8 Å². The SMILES string of the molecule is [2HH].[2H][13CH]([2H])Oc1cc(Cl)ccc1C. The van der Waals surface area contributed by atoms with E-state index in [1.807, 2.05) is 6.92 Å². The van der Waals surface area contributed by atoms with Gasteiger partial charge in [0, 0.05) is 6.45 Å². The lowest BCUT2D eigenvalue weighted by Gasteiger charge is -2.02. The lowest BCUT2D eigenvalue weighted by atomic mass is 10.2. The highest BCUT2D eigenvalue weighted by Crippen LogP contribution is 2.21. The molecule has 0 radical (unpaired) electrons. The van der Waals surface area contributed by atoms with E-state index in [0.717, 1.165) is 5.56 Å². The van der Waals surface area contributed by atoms with Crippen LogP contribution >= 0.6 is 11.6 Å². The summed E-state index contributed by atoms with van der Waals surface area (Å²) < 4.78 is 18.6. The molecule has 1 rings (SSSR count). The smallest absolute Gasteiger partial charge is 0.123 e. The summed E-state index contributed by atoms with van der Waals surface area (Å²) in [5.74, 6) is 0.498. The molecule has 1 aromatic rings. The maximum absolute atomic E-state index is 6.88. The Bertz CT molecular complexity index is 278. The van der Waals surface area contributed by atoms with E-state index in [1.54, 1.807) is 18.2 Å². The van der Waals surface area contributed by atoms with E-state index in [4.69, 9.17) is 19.1 Å². The lowest BCUT2D eigenvalue weighted by Crippen LogP contribution is -1.85. The Labute approximate surface area is 69.9 Å². The second kappa shape index (κ2) is 2.93. The molecule has 0 aliphatic rings. The first-order valence-corrected chi connectivity index (χ1v) is 3.24. The van der Waals surface area contributed by atoms with Gasteiger partial charge in [0.1, 0.15) is 5.75 Å². The van der Waals surface area contributed by atoms with Crippen LogP contribution in [0.3, 0.4) is 0 Å². The topological polar surface area (TPSA) is 9.23 Å². The Hall–Kier alpha value is -0.690. The van der Waals surface area contributed by atoms with Crippen LogP contribution in [-0.4, -0.2) is 7.06 Å². The minimum atomic E-state index is -1.30. The van der Waals surface area contributed by atoms with Gasteiger partial charge in [0.15, 0.2) is 0 Å². The molecule has 0 heterocycles. The molecule has 10 heavy (non-hydrogen) atoms. The summed E-state index contributed by atoms with van der Waals surface area (Å²) in [6, 6.07) is 5.14. The molecule has 0 spiro atoms. The molecule has 0 aliphatic carbocycles. The molecule has 0 unspecified atom stereocenters. The second-order valence-corrected chi connectivity index (χ2v) is 2.46. The third kappa shape index (κ3) is 1.42. The van der Waals surface area contributed by atoms with E-state index in [9.17, 15) is 0 Å². The van der Waals surface area contributed by atoms with Crippen molar-refractivity contribution in [2.75, 3.05) is 7.06 Å². The third-order valence-electron chi connectivity index (χ3n) is 1.28. The number of methoxy groups -OCH3 is 1. The van der Waals surface area contributed by atoms with Crippen molar-refractivity contribution in [1.82, 2.24) is 0 Å². The summed E-state index contributed by atoms with van der Waals surface area (Å²) in [7, 11) is -1.30. The predicted molar refractivity (Wildman–Crippen MR) is 44.9 cm³/mol. The average molecular weight is 163 g/mol. The highest BCUT2D eigenvalue weighted by Gasteiger charge is 1.96. The molecule has 0 bridgehead atoms. The van der Waals surface area contributed by atoms with Gasteiger partial charge in [0.25, 0.3) is 0 Å². The standard InChI is InChI=1S/C8H9ClO.H2/c1-6-3-4-7(9)5-8(6)10-2;/h3-5H,1-2H3;1H/i2+1D2;1+1. The van der Waals surface area contributed by atoms with Gasteiger partial charge in [0.2, 0.25) is 0 Å². The van der Waals surface area contributed by atoms with Gasteiger partial charge >= 0.3 is 0 Å². The number of halogens is 1. The molecule has 1 aromatic carbocycles. The number of hydrogen-bond donors (Lipinski definition) is 0. The van der Waals surface area contributed by atoms with Crippen LogP contribution in [0.2, 0.25) is 5.02 Å². The van der Waals surface area contributed by atoms with Crippen LogP contribution in [0.5, 0.6) is 5.75 Å². The molecule has 0 saturated carbocycles. The van der Waals surface area contributed by atoms with Gasteiger partial charge in [-0.05, 0) is 24.6 Å². The van der Waals surface area contributed by atoms with E-state index in [2.05, 4.69) is 0 Å². The molecular formula is C8H11ClO. The van der Waals surface area contributed by atoms with Crippen LogP contribution in [0.15, 0.2) is 18.2 Å². The minimum absolute atomic E-state index is 0. The summed E-state index contributed by atoms with van der Waals surface area (Å²) >= 11 is 5.70. The van der Waals surface area contributed by atoms with Crippen molar-refractivity contribution in [1.29, 1.82) is 0 Å². The fraction of sp³-hybridized carbons (Fsp3) is 0.250. The lowest BCUT2D eigenvalue weighted by molar-refractivity contribution is 0.412. The fourth-order valence-corrected chi connectivity index (χ4v) is 0.863. The van der Waals surface area contributed by atoms with Gasteiger partial charge in [-0.25, -0.2) is 0 Å². The van der Waals surface area contributed by atoms with Crippen molar-refractivity contribution in [3.05, 3.63) is 28.8 Å². The van der Waals surface area contributed by atoms with E-state index >= 15 is 0 Å². The Kier molecular flexibility index (Phi) is 1.47. The Morgan fingerprint density at radius 2 is 2.50 bits per heavy atom. The van der Waals surface area contributed by atoms with Crippen LogP contribution in [0, 0.1) is 6.92 Å². The third-order valence-corrected chi connectivity index (χ3v) is 1.51. The normalized spacial score (nSPS) is 12.7. The van der Waals surface area contributed by atoms with Crippen molar-refractivity contribution in [2.24, 2.45) is 0 Å². The van der Waals surface area contributed by atoms with Crippen LogP contribution in [-0.2, 0) is 0 Å². The maximum atomic E-state index is 6.88. The van der Waals surface area contributed by atoms with Crippen molar-refractivity contribution in [3.63, 3.8) is 0 Å². The summed E-state index contributed by atoms with van der Waals surface area (Å²) in [6.07, 6.45) is 0. The molecule has 0 fully saturated rings. The Morgan fingerprint density at radius 1 is 1.70 bits per heavy atom. The van der Waals surface area contributed by atoms with Crippen molar-refractivity contribution >= 4 is 11.6 Å². The molecule has 0 aliphatic heterocycles. The first-order valence-electron chi connectivity index (χ1n) is 4.02. The summed E-state index contributed by atoms with van der Waals surface area (Å²) in [6.45, 7) is 1.84. The van der Waals surface area contributed by atoms with E-state index < -0.39 is 7.06 Å². The zero-order valence-electron chi connectivity index (χ0n) is 7.60. The number of aryl methyl sites for hydroxylation is 1. The van der Waals surface area contributed by atoms with Crippen molar-refractivity contribution < 1.29 is 8.91 Å². The van der Waals surface area contributed by atoms with Crippen LogP contribution < -0.4 is 4.74 Å². The van der Waals surface area contributed by atoms with E-state index in [-0.39, 0.29) is 1.43 Å². The molecular weight excluding hydrogens is 149 g/mol. The number of rotatable bonds is 1.